The molecule has 0 spiro atoms. The third-order valence-electron chi connectivity index (χ3n) is 3.66. The zero-order valence-electron chi connectivity index (χ0n) is 9.09. The number of hydrogen-bond donors (Lipinski definition) is 0. The normalized spacial score (nSPS) is 38.8. The van der Waals surface area contributed by atoms with Gasteiger partial charge in [0.2, 0.25) is 0 Å². The van der Waals surface area contributed by atoms with Crippen LogP contribution in [0, 0.1) is 5.92 Å². The number of rotatable bonds is 4. The Hall–Kier alpha value is 0.580. The van der Waals surface area contributed by atoms with Gasteiger partial charge in [0.15, 0.2) is 0 Å². The molecule has 15 heavy (non-hydrogen) atoms. The highest BCUT2D eigenvalue weighted by atomic mass is 32.2. The minimum absolute atomic E-state index is 0.579. The molecule has 5 heteroatoms. The van der Waals surface area contributed by atoms with Gasteiger partial charge in [-0.15, -0.1) is 4.31 Å². The number of hydrogen-bond acceptors (Lipinski definition) is 4. The smallest absolute Gasteiger partial charge is 0.128 e. The van der Waals surface area contributed by atoms with Gasteiger partial charge in [-0.3, -0.25) is 0 Å². The van der Waals surface area contributed by atoms with Gasteiger partial charge in [0.1, 0.15) is 5.75 Å². The number of piperidine rings is 1. The van der Waals surface area contributed by atoms with Crippen LogP contribution in [0.2, 0.25) is 0 Å². The maximum atomic E-state index is 12.1. The Morgan fingerprint density at radius 3 is 2.53 bits per heavy atom. The minimum Gasteiger partial charge on any atom is -0.598 e. The van der Waals surface area contributed by atoms with E-state index >= 15 is 0 Å². The van der Waals surface area contributed by atoms with Crippen molar-refractivity contribution in [2.45, 2.75) is 31.3 Å². The van der Waals surface area contributed by atoms with Crippen LogP contribution >= 0.6 is 11.9 Å². The summed E-state index contributed by atoms with van der Waals surface area (Å²) >= 11 is 1.15. The van der Waals surface area contributed by atoms with Gasteiger partial charge in [0, 0.05) is 30.4 Å². The quantitative estimate of drug-likeness (QED) is 0.549. The summed E-state index contributed by atoms with van der Waals surface area (Å²) in [7, 11) is 0. The molecule has 0 aromatic rings. The van der Waals surface area contributed by atoms with Crippen LogP contribution in [0.15, 0.2) is 0 Å². The van der Waals surface area contributed by atoms with Crippen LogP contribution in [-0.2, 0) is 11.4 Å². The molecular formula is C10H18N2OS2. The van der Waals surface area contributed by atoms with E-state index in [2.05, 4.69) is 14.9 Å². The van der Waals surface area contributed by atoms with Crippen molar-refractivity contribution < 1.29 is 4.55 Å². The first-order valence-electron chi connectivity index (χ1n) is 5.74. The van der Waals surface area contributed by atoms with Crippen LogP contribution in [0.3, 0.4) is 0 Å². The molecule has 0 N–H and O–H groups in total. The van der Waals surface area contributed by atoms with Crippen LogP contribution in [0.25, 0.3) is 0 Å². The molecule has 0 aromatic carbocycles. The van der Waals surface area contributed by atoms with Crippen LogP contribution < -0.4 is 0 Å². The fraction of sp³-hybridized carbons (Fsp3) is 1.00. The molecule has 3 saturated heterocycles. The molecule has 4 rings (SSSR count). The van der Waals surface area contributed by atoms with Gasteiger partial charge in [-0.05, 0) is 25.5 Å². The number of piperazine rings is 1. The van der Waals surface area contributed by atoms with Gasteiger partial charge >= 0.3 is 0 Å². The fourth-order valence-corrected chi connectivity index (χ4v) is 5.11. The lowest BCUT2D eigenvalue weighted by atomic mass is 9.93. The molecule has 2 bridgehead atoms. The summed E-state index contributed by atoms with van der Waals surface area (Å²) in [6.07, 6.45) is 6.03. The highest BCUT2D eigenvalue weighted by Gasteiger charge is 2.52. The van der Waals surface area contributed by atoms with E-state index in [1.54, 1.807) is 0 Å². The molecule has 86 valence electrons. The lowest BCUT2D eigenvalue weighted by Crippen LogP contribution is -2.69. The van der Waals surface area contributed by atoms with Crippen LogP contribution in [-0.4, -0.2) is 50.3 Å². The first kappa shape index (κ1) is 10.7. The summed E-state index contributed by atoms with van der Waals surface area (Å²) in [6.45, 7) is 2.21. The molecule has 3 heterocycles. The molecule has 1 saturated carbocycles. The predicted molar refractivity (Wildman–Crippen MR) is 64.9 cm³/mol. The molecular weight excluding hydrogens is 228 g/mol. The van der Waals surface area contributed by atoms with E-state index in [9.17, 15) is 4.55 Å². The van der Waals surface area contributed by atoms with Gasteiger partial charge in [-0.25, -0.2) is 4.31 Å². The summed E-state index contributed by atoms with van der Waals surface area (Å²) in [5.74, 6) is 1.72. The molecule has 4 fully saturated rings. The largest absolute Gasteiger partial charge is 0.598 e. The van der Waals surface area contributed by atoms with E-state index in [0.29, 0.717) is 12.1 Å². The Bertz CT molecular complexity index is 238. The summed E-state index contributed by atoms with van der Waals surface area (Å²) in [4.78, 5) is 0. The molecule has 4 aliphatic rings. The van der Waals surface area contributed by atoms with Crippen LogP contribution in [0.1, 0.15) is 19.3 Å². The molecule has 3 aliphatic heterocycles. The SMILES string of the molecule is CSN1CC2CC(C1)N2[S+]([O-])CC1CC1. The van der Waals surface area contributed by atoms with Gasteiger partial charge in [-0.2, -0.15) is 0 Å². The Morgan fingerprint density at radius 2 is 2.00 bits per heavy atom. The van der Waals surface area contributed by atoms with E-state index in [1.807, 2.05) is 11.9 Å². The summed E-state index contributed by atoms with van der Waals surface area (Å²) in [5, 5.41) is 0. The maximum absolute atomic E-state index is 12.1. The second-order valence-electron chi connectivity index (χ2n) is 4.86. The van der Waals surface area contributed by atoms with Crippen molar-refractivity contribution in [1.29, 1.82) is 0 Å². The van der Waals surface area contributed by atoms with E-state index in [1.165, 1.54) is 19.3 Å². The first-order chi connectivity index (χ1) is 7.28. The maximum Gasteiger partial charge on any atom is 0.128 e. The Kier molecular flexibility index (Phi) is 2.94. The monoisotopic (exact) mass is 246 g/mol. The second kappa shape index (κ2) is 4.11. The standard InChI is InChI=1S/C10H18N2OS2/c1-14-11-5-9-4-10(6-11)12(9)15(13)7-8-2-3-8/h8-10H,2-7H2,1H3. The molecule has 0 aromatic heterocycles. The lowest BCUT2D eigenvalue weighted by Gasteiger charge is -2.53. The molecule has 3 atom stereocenters. The summed E-state index contributed by atoms with van der Waals surface area (Å²) in [6, 6.07) is 1.16. The average molecular weight is 246 g/mol. The molecule has 3 nitrogen and oxygen atoms in total. The van der Waals surface area contributed by atoms with Crippen LogP contribution in [0.5, 0.6) is 0 Å². The van der Waals surface area contributed by atoms with Gasteiger partial charge < -0.3 is 4.55 Å². The first-order valence-corrected chi connectivity index (χ1v) is 8.19. The third kappa shape index (κ3) is 2.05. The molecule has 1 aliphatic carbocycles. The molecule has 0 amide bonds. The second-order valence-corrected chi connectivity index (χ2v) is 7.14. The Morgan fingerprint density at radius 1 is 1.33 bits per heavy atom. The van der Waals surface area contributed by atoms with E-state index < -0.39 is 11.4 Å². The highest BCUT2D eigenvalue weighted by Crippen LogP contribution is 2.39. The van der Waals surface area contributed by atoms with Gasteiger partial charge in [0.05, 0.1) is 12.1 Å². The predicted octanol–water partition coefficient (Wildman–Crippen LogP) is 1.10. The van der Waals surface area contributed by atoms with Gasteiger partial charge in [0.25, 0.3) is 0 Å². The Balaban J connectivity index is 1.55. The van der Waals surface area contributed by atoms with Crippen molar-refractivity contribution in [3.8, 4) is 0 Å². The van der Waals surface area contributed by atoms with Crippen molar-refractivity contribution in [3.63, 3.8) is 0 Å². The van der Waals surface area contributed by atoms with Crippen LogP contribution in [0.4, 0.5) is 0 Å². The summed E-state index contributed by atoms with van der Waals surface area (Å²) in [5.41, 5.74) is 0. The van der Waals surface area contributed by atoms with Crippen molar-refractivity contribution in [2.24, 2.45) is 5.92 Å². The lowest BCUT2D eigenvalue weighted by molar-refractivity contribution is 0.0344. The number of nitrogens with zero attached hydrogens (tertiary/aromatic N) is 2. The van der Waals surface area contributed by atoms with E-state index in [4.69, 9.17) is 0 Å². The van der Waals surface area contributed by atoms with Crippen molar-refractivity contribution >= 4 is 23.3 Å². The third-order valence-corrected chi connectivity index (χ3v) is 6.30. The van der Waals surface area contributed by atoms with Crippen molar-refractivity contribution in [2.75, 3.05) is 25.1 Å². The minimum atomic E-state index is -0.674. The van der Waals surface area contributed by atoms with E-state index in [-0.39, 0.29) is 0 Å². The van der Waals surface area contributed by atoms with Crippen molar-refractivity contribution in [1.82, 2.24) is 8.61 Å². The summed E-state index contributed by atoms with van der Waals surface area (Å²) < 4.78 is 16.8. The van der Waals surface area contributed by atoms with Gasteiger partial charge in [-0.1, -0.05) is 11.9 Å². The fourth-order valence-electron chi connectivity index (χ4n) is 2.59. The zero-order valence-corrected chi connectivity index (χ0v) is 10.7. The van der Waals surface area contributed by atoms with Crippen molar-refractivity contribution in [3.05, 3.63) is 0 Å². The topological polar surface area (TPSA) is 29.5 Å². The highest BCUT2D eigenvalue weighted by molar-refractivity contribution is 7.96. The Labute approximate surface area is 99.0 Å². The zero-order chi connectivity index (χ0) is 10.4. The molecule has 0 radical (unpaired) electrons. The average Bonchev–Trinajstić information content (AvgIpc) is 3.01. The molecule has 3 unspecified atom stereocenters. The van der Waals surface area contributed by atoms with E-state index in [0.717, 1.165) is 24.8 Å². The number of fused-ring (bicyclic) bond motifs is 2.